The third-order valence-corrected chi connectivity index (χ3v) is 4.54. The number of aliphatic hydroxyl groups excluding tert-OH is 1. The summed E-state index contributed by atoms with van der Waals surface area (Å²) < 4.78 is 0. The Kier molecular flexibility index (Phi) is 6.44. The van der Waals surface area contributed by atoms with E-state index in [9.17, 15) is 9.90 Å². The van der Waals surface area contributed by atoms with Gasteiger partial charge in [0.2, 0.25) is 0 Å². The van der Waals surface area contributed by atoms with Gasteiger partial charge in [-0.15, -0.1) is 6.58 Å². The predicted molar refractivity (Wildman–Crippen MR) is 92.6 cm³/mol. The number of benzene rings is 2. The molecule has 2 aromatic carbocycles. The van der Waals surface area contributed by atoms with Crippen LogP contribution in [-0.4, -0.2) is 16.3 Å². The second-order valence-corrected chi connectivity index (χ2v) is 6.10. The fourth-order valence-electron chi connectivity index (χ4n) is 2.21. The van der Waals surface area contributed by atoms with Gasteiger partial charge in [-0.1, -0.05) is 78.5 Å². The molecule has 22 heavy (non-hydrogen) atoms. The van der Waals surface area contributed by atoms with Crippen LogP contribution in [-0.2, 0) is 17.0 Å². The number of hydrogen-bond donors (Lipinski definition) is 1. The Hall–Kier alpha value is -1.84. The first-order valence-corrected chi connectivity index (χ1v) is 8.24. The van der Waals surface area contributed by atoms with Crippen LogP contribution in [0, 0.1) is 5.92 Å². The minimum Gasteiger partial charge on any atom is -0.388 e. The number of hydrogen-bond acceptors (Lipinski definition) is 3. The largest absolute Gasteiger partial charge is 0.388 e. The van der Waals surface area contributed by atoms with Crippen molar-refractivity contribution >= 4 is 16.9 Å². The van der Waals surface area contributed by atoms with Crippen LogP contribution in [0.25, 0.3) is 0 Å². The Balaban J connectivity index is 2.01. The summed E-state index contributed by atoms with van der Waals surface area (Å²) in [6, 6.07) is 19.6. The molecule has 0 radical (unpaired) electrons. The Morgan fingerprint density at radius 3 is 2.14 bits per heavy atom. The summed E-state index contributed by atoms with van der Waals surface area (Å²) in [6.07, 6.45) is 1.14. The van der Waals surface area contributed by atoms with E-state index in [2.05, 4.69) is 6.58 Å². The van der Waals surface area contributed by atoms with E-state index in [1.165, 1.54) is 17.8 Å². The van der Waals surface area contributed by atoms with Crippen molar-refractivity contribution in [1.82, 2.24) is 0 Å². The maximum Gasteiger partial charge on any atom is 0.195 e. The summed E-state index contributed by atoms with van der Waals surface area (Å²) in [5.74, 6) is 0.156. The Morgan fingerprint density at radius 2 is 1.59 bits per heavy atom. The zero-order chi connectivity index (χ0) is 15.8. The number of carbonyl (C=O) groups is 1. The van der Waals surface area contributed by atoms with Crippen molar-refractivity contribution in [2.24, 2.45) is 5.92 Å². The summed E-state index contributed by atoms with van der Waals surface area (Å²) >= 11 is 1.25. The molecule has 0 amide bonds. The van der Waals surface area contributed by atoms with Crippen molar-refractivity contribution in [3.63, 3.8) is 0 Å². The lowest BCUT2D eigenvalue weighted by Gasteiger charge is -2.19. The molecule has 0 fully saturated rings. The molecule has 0 spiro atoms. The van der Waals surface area contributed by atoms with Gasteiger partial charge in [0.25, 0.3) is 0 Å². The zero-order valence-corrected chi connectivity index (χ0v) is 13.2. The predicted octanol–water partition coefficient (Wildman–Crippen LogP) is 3.85. The van der Waals surface area contributed by atoms with Gasteiger partial charge in [-0.3, -0.25) is 4.79 Å². The first kappa shape index (κ1) is 16.5. The van der Waals surface area contributed by atoms with Crippen molar-refractivity contribution in [3.8, 4) is 0 Å². The maximum absolute atomic E-state index is 12.5. The van der Waals surface area contributed by atoms with Gasteiger partial charge in [-0.25, -0.2) is 0 Å². The maximum atomic E-state index is 12.5. The molecule has 1 N–H and O–H groups in total. The summed E-state index contributed by atoms with van der Waals surface area (Å²) in [4.78, 5) is 12.5. The zero-order valence-electron chi connectivity index (χ0n) is 12.4. The molecular weight excluding hydrogens is 292 g/mol. The second kappa shape index (κ2) is 8.57. The summed E-state index contributed by atoms with van der Waals surface area (Å²) in [7, 11) is 0. The molecule has 3 heteroatoms. The monoisotopic (exact) mass is 312 g/mol. The molecule has 0 bridgehead atoms. The van der Waals surface area contributed by atoms with Gasteiger partial charge in [0, 0.05) is 5.75 Å². The SMILES string of the molecule is C=CC(O)C(Cc1ccccc1)C(=O)SCc1ccccc1. The molecule has 0 aromatic heterocycles. The van der Waals surface area contributed by atoms with E-state index < -0.39 is 12.0 Å². The van der Waals surface area contributed by atoms with E-state index >= 15 is 0 Å². The van der Waals surface area contributed by atoms with Crippen LogP contribution in [0.4, 0.5) is 0 Å². The second-order valence-electron chi connectivity index (χ2n) is 5.12. The molecule has 0 aliphatic heterocycles. The Labute approximate surface area is 135 Å². The van der Waals surface area contributed by atoms with Crippen molar-refractivity contribution in [3.05, 3.63) is 84.4 Å². The lowest BCUT2D eigenvalue weighted by atomic mass is 9.95. The van der Waals surface area contributed by atoms with E-state index in [4.69, 9.17) is 0 Å². The van der Waals surface area contributed by atoms with Crippen molar-refractivity contribution in [1.29, 1.82) is 0 Å². The topological polar surface area (TPSA) is 37.3 Å². The average molecular weight is 312 g/mol. The smallest absolute Gasteiger partial charge is 0.195 e. The van der Waals surface area contributed by atoms with Gasteiger partial charge >= 0.3 is 0 Å². The number of rotatable bonds is 7. The molecule has 0 heterocycles. The highest BCUT2D eigenvalue weighted by Gasteiger charge is 2.25. The van der Waals surface area contributed by atoms with Crippen molar-refractivity contribution in [2.75, 3.05) is 0 Å². The molecule has 114 valence electrons. The van der Waals surface area contributed by atoms with Crippen LogP contribution in [0.3, 0.4) is 0 Å². The normalized spacial score (nSPS) is 13.3. The lowest BCUT2D eigenvalue weighted by Crippen LogP contribution is -2.27. The number of thioether (sulfide) groups is 1. The molecular formula is C19H20O2S. The third kappa shape index (κ3) is 4.86. The Bertz CT molecular complexity index is 595. The van der Waals surface area contributed by atoms with Gasteiger partial charge in [0.15, 0.2) is 5.12 Å². The molecule has 0 saturated heterocycles. The molecule has 2 unspecified atom stereocenters. The number of aliphatic hydroxyl groups is 1. The van der Waals surface area contributed by atoms with Gasteiger partial charge in [0.1, 0.15) is 0 Å². The first-order chi connectivity index (χ1) is 10.7. The van der Waals surface area contributed by atoms with Crippen molar-refractivity contribution < 1.29 is 9.90 Å². The molecule has 0 saturated carbocycles. The molecule has 2 aromatic rings. The molecule has 0 aliphatic carbocycles. The van der Waals surface area contributed by atoms with E-state index in [1.807, 2.05) is 60.7 Å². The van der Waals surface area contributed by atoms with Crippen LogP contribution in [0.1, 0.15) is 11.1 Å². The average Bonchev–Trinajstić information content (AvgIpc) is 2.58. The first-order valence-electron chi connectivity index (χ1n) is 7.26. The molecule has 0 aliphatic rings. The van der Waals surface area contributed by atoms with E-state index in [1.54, 1.807) is 0 Å². The van der Waals surface area contributed by atoms with Gasteiger partial charge in [0.05, 0.1) is 12.0 Å². The van der Waals surface area contributed by atoms with E-state index in [0.717, 1.165) is 11.1 Å². The minimum absolute atomic E-state index is 0.0000983. The summed E-state index contributed by atoms with van der Waals surface area (Å²) in [5.41, 5.74) is 2.15. The van der Waals surface area contributed by atoms with Crippen molar-refractivity contribution in [2.45, 2.75) is 18.3 Å². The molecule has 2 rings (SSSR count). The van der Waals surface area contributed by atoms with E-state index in [-0.39, 0.29) is 5.12 Å². The van der Waals surface area contributed by atoms with Crippen LogP contribution in [0.2, 0.25) is 0 Å². The highest BCUT2D eigenvalue weighted by Crippen LogP contribution is 2.23. The fourth-order valence-corrected chi connectivity index (χ4v) is 3.15. The van der Waals surface area contributed by atoms with Gasteiger partial charge in [-0.2, -0.15) is 0 Å². The van der Waals surface area contributed by atoms with E-state index in [0.29, 0.717) is 12.2 Å². The molecule has 2 atom stereocenters. The highest BCUT2D eigenvalue weighted by atomic mass is 32.2. The highest BCUT2D eigenvalue weighted by molar-refractivity contribution is 8.13. The lowest BCUT2D eigenvalue weighted by molar-refractivity contribution is -0.116. The van der Waals surface area contributed by atoms with Crippen LogP contribution < -0.4 is 0 Å². The molecule has 2 nitrogen and oxygen atoms in total. The summed E-state index contributed by atoms with van der Waals surface area (Å²) in [6.45, 7) is 3.61. The fraction of sp³-hybridized carbons (Fsp3) is 0.211. The Morgan fingerprint density at radius 1 is 1.05 bits per heavy atom. The summed E-state index contributed by atoms with van der Waals surface area (Å²) in [5, 5.41) is 10.1. The van der Waals surface area contributed by atoms with Crippen LogP contribution in [0.5, 0.6) is 0 Å². The minimum atomic E-state index is -0.823. The number of carbonyl (C=O) groups excluding carboxylic acids is 1. The van der Waals surface area contributed by atoms with Gasteiger partial charge < -0.3 is 5.11 Å². The van der Waals surface area contributed by atoms with Crippen LogP contribution in [0.15, 0.2) is 73.3 Å². The van der Waals surface area contributed by atoms with Crippen LogP contribution >= 0.6 is 11.8 Å². The standard InChI is InChI=1S/C19H20O2S/c1-2-18(20)17(13-15-9-5-3-6-10-15)19(21)22-14-16-11-7-4-8-12-16/h2-12,17-18,20H,1,13-14H2. The quantitative estimate of drug-likeness (QED) is 0.789. The third-order valence-electron chi connectivity index (χ3n) is 3.48. The van der Waals surface area contributed by atoms with Gasteiger partial charge in [-0.05, 0) is 17.5 Å².